The van der Waals surface area contributed by atoms with E-state index in [1.54, 1.807) is 17.8 Å². The van der Waals surface area contributed by atoms with Crippen molar-refractivity contribution in [1.82, 2.24) is 9.97 Å². The van der Waals surface area contributed by atoms with Gasteiger partial charge in [-0.2, -0.15) is 0 Å². The second-order valence-corrected chi connectivity index (χ2v) is 4.54. The quantitative estimate of drug-likeness (QED) is 0.755. The van der Waals surface area contributed by atoms with Crippen LogP contribution < -0.4 is 11.3 Å². The molecule has 0 bridgehead atoms. The maximum Gasteiger partial charge on any atom is 0.258 e. The zero-order chi connectivity index (χ0) is 11.4. The number of hydrogen-bond donors (Lipinski definition) is 2. The van der Waals surface area contributed by atoms with E-state index in [4.69, 9.17) is 0 Å². The minimum atomic E-state index is -0.0594. The second-order valence-electron chi connectivity index (χ2n) is 3.44. The normalized spacial score (nSPS) is 10.8. The standard InChI is InChI=1S/C11H13N3OS/c12-5-6-16-7-10-13-9-4-2-1-3-8(9)11(15)14-10/h1-4H,5-7,12H2,(H,13,14,15)/p+1. The van der Waals surface area contributed by atoms with E-state index in [1.165, 1.54) is 0 Å². The van der Waals surface area contributed by atoms with Gasteiger partial charge < -0.3 is 10.7 Å². The van der Waals surface area contributed by atoms with E-state index in [0.717, 1.165) is 29.4 Å². The summed E-state index contributed by atoms with van der Waals surface area (Å²) in [6.45, 7) is 0.891. The maximum absolute atomic E-state index is 11.7. The molecule has 1 aromatic carbocycles. The number of thioether (sulfide) groups is 1. The van der Waals surface area contributed by atoms with Crippen molar-refractivity contribution in [2.45, 2.75) is 5.75 Å². The average Bonchev–Trinajstić information content (AvgIpc) is 2.30. The van der Waals surface area contributed by atoms with Crippen LogP contribution in [0.1, 0.15) is 5.82 Å². The predicted molar refractivity (Wildman–Crippen MR) is 66.3 cm³/mol. The molecule has 2 rings (SSSR count). The lowest BCUT2D eigenvalue weighted by molar-refractivity contribution is -0.360. The molecule has 1 heterocycles. The second kappa shape index (κ2) is 5.14. The van der Waals surface area contributed by atoms with Gasteiger partial charge in [-0.3, -0.25) is 4.79 Å². The summed E-state index contributed by atoms with van der Waals surface area (Å²) in [5.41, 5.74) is 4.47. The summed E-state index contributed by atoms with van der Waals surface area (Å²) >= 11 is 1.73. The summed E-state index contributed by atoms with van der Waals surface area (Å²) in [5.74, 6) is 2.45. The van der Waals surface area contributed by atoms with Crippen LogP contribution in [-0.2, 0) is 5.75 Å². The Hall–Kier alpha value is -1.33. The van der Waals surface area contributed by atoms with Gasteiger partial charge in [-0.05, 0) is 12.1 Å². The first kappa shape index (κ1) is 11.2. The summed E-state index contributed by atoms with van der Waals surface area (Å²) in [5, 5.41) is 0.647. The van der Waals surface area contributed by atoms with Gasteiger partial charge in [0.2, 0.25) is 0 Å². The van der Waals surface area contributed by atoms with E-state index in [1.807, 2.05) is 18.2 Å². The molecule has 1 aromatic heterocycles. The summed E-state index contributed by atoms with van der Waals surface area (Å²) in [6.07, 6.45) is 0. The fraction of sp³-hybridized carbons (Fsp3) is 0.273. The van der Waals surface area contributed by atoms with E-state index in [0.29, 0.717) is 5.39 Å². The third-order valence-electron chi connectivity index (χ3n) is 2.19. The van der Waals surface area contributed by atoms with Gasteiger partial charge in [0.05, 0.1) is 23.2 Å². The zero-order valence-electron chi connectivity index (χ0n) is 8.90. The van der Waals surface area contributed by atoms with Gasteiger partial charge in [0, 0.05) is 5.75 Å². The van der Waals surface area contributed by atoms with Crippen LogP contribution in [0.15, 0.2) is 29.1 Å². The Labute approximate surface area is 97.3 Å². The highest BCUT2D eigenvalue weighted by atomic mass is 32.2. The van der Waals surface area contributed by atoms with Crippen LogP contribution in [0.25, 0.3) is 10.9 Å². The number of nitrogens with zero attached hydrogens (tertiary/aromatic N) is 1. The number of quaternary nitrogens is 1. The summed E-state index contributed by atoms with van der Waals surface area (Å²) in [4.78, 5) is 18.9. The van der Waals surface area contributed by atoms with Gasteiger partial charge in [-0.15, -0.1) is 11.8 Å². The lowest BCUT2D eigenvalue weighted by Crippen LogP contribution is -2.51. The van der Waals surface area contributed by atoms with Gasteiger partial charge in [0.15, 0.2) is 0 Å². The van der Waals surface area contributed by atoms with E-state index >= 15 is 0 Å². The van der Waals surface area contributed by atoms with Crippen LogP contribution in [0.2, 0.25) is 0 Å². The Morgan fingerprint density at radius 2 is 2.19 bits per heavy atom. The first-order valence-electron chi connectivity index (χ1n) is 5.16. The molecule has 16 heavy (non-hydrogen) atoms. The maximum atomic E-state index is 11.7. The molecule has 5 heteroatoms. The van der Waals surface area contributed by atoms with Crippen molar-refractivity contribution in [1.29, 1.82) is 0 Å². The number of para-hydroxylation sites is 1. The molecule has 0 unspecified atom stereocenters. The zero-order valence-corrected chi connectivity index (χ0v) is 9.72. The molecule has 0 atom stereocenters. The molecule has 0 spiro atoms. The lowest BCUT2D eigenvalue weighted by Gasteiger charge is -2.01. The molecule has 0 amide bonds. The number of aromatic amines is 1. The van der Waals surface area contributed by atoms with Crippen LogP contribution in [0.3, 0.4) is 0 Å². The van der Waals surface area contributed by atoms with Crippen LogP contribution in [-0.4, -0.2) is 22.3 Å². The minimum absolute atomic E-state index is 0.0594. The fourth-order valence-electron chi connectivity index (χ4n) is 1.47. The molecule has 0 aliphatic rings. The van der Waals surface area contributed by atoms with Crippen molar-refractivity contribution in [3.63, 3.8) is 0 Å². The van der Waals surface area contributed by atoms with E-state index in [9.17, 15) is 4.79 Å². The fourth-order valence-corrected chi connectivity index (χ4v) is 2.15. The van der Waals surface area contributed by atoms with Crippen molar-refractivity contribution < 1.29 is 5.73 Å². The van der Waals surface area contributed by atoms with Crippen LogP contribution >= 0.6 is 11.8 Å². The third kappa shape index (κ3) is 2.43. The van der Waals surface area contributed by atoms with Crippen molar-refractivity contribution in [2.75, 3.05) is 12.3 Å². The highest BCUT2D eigenvalue weighted by Crippen LogP contribution is 2.10. The molecule has 0 radical (unpaired) electrons. The number of H-pyrrole nitrogens is 1. The lowest BCUT2D eigenvalue weighted by atomic mass is 10.2. The molecular formula is C11H14N3OS+. The largest absolute Gasteiger partial charge is 0.357 e. The molecule has 0 aliphatic heterocycles. The number of hydrogen-bond acceptors (Lipinski definition) is 3. The molecule has 0 aliphatic carbocycles. The molecule has 4 nitrogen and oxygen atoms in total. The number of rotatable bonds is 4. The Bertz CT molecular complexity index is 538. The molecule has 4 N–H and O–H groups in total. The van der Waals surface area contributed by atoms with E-state index in [-0.39, 0.29) is 5.56 Å². The van der Waals surface area contributed by atoms with Crippen LogP contribution in [0.4, 0.5) is 0 Å². The number of aromatic nitrogens is 2. The molecular weight excluding hydrogens is 222 g/mol. The van der Waals surface area contributed by atoms with Gasteiger partial charge >= 0.3 is 0 Å². The first-order valence-corrected chi connectivity index (χ1v) is 6.31. The summed E-state index contributed by atoms with van der Waals surface area (Å²) in [7, 11) is 0. The third-order valence-corrected chi connectivity index (χ3v) is 3.24. The predicted octanol–water partition coefficient (Wildman–Crippen LogP) is 0.398. The average molecular weight is 236 g/mol. The van der Waals surface area contributed by atoms with Gasteiger partial charge in [-0.1, -0.05) is 12.1 Å². The van der Waals surface area contributed by atoms with Crippen molar-refractivity contribution in [3.05, 3.63) is 40.4 Å². The summed E-state index contributed by atoms with van der Waals surface area (Å²) < 4.78 is 0. The molecule has 84 valence electrons. The van der Waals surface area contributed by atoms with Crippen molar-refractivity contribution >= 4 is 22.7 Å². The monoisotopic (exact) mass is 236 g/mol. The molecule has 0 saturated carbocycles. The SMILES string of the molecule is [NH3+]CCSCc1nc2ccccc2c(=O)[nH]1. The smallest absolute Gasteiger partial charge is 0.258 e. The van der Waals surface area contributed by atoms with Crippen LogP contribution in [0.5, 0.6) is 0 Å². The molecule has 0 saturated heterocycles. The Morgan fingerprint density at radius 1 is 1.38 bits per heavy atom. The Morgan fingerprint density at radius 3 is 3.00 bits per heavy atom. The van der Waals surface area contributed by atoms with Crippen LogP contribution in [0, 0.1) is 0 Å². The summed E-state index contributed by atoms with van der Waals surface area (Å²) in [6, 6.07) is 7.38. The highest BCUT2D eigenvalue weighted by molar-refractivity contribution is 7.98. The topological polar surface area (TPSA) is 73.4 Å². The van der Waals surface area contributed by atoms with E-state index < -0.39 is 0 Å². The Kier molecular flexibility index (Phi) is 3.58. The van der Waals surface area contributed by atoms with Crippen molar-refractivity contribution in [2.24, 2.45) is 0 Å². The minimum Gasteiger partial charge on any atom is -0.357 e. The highest BCUT2D eigenvalue weighted by Gasteiger charge is 2.02. The molecule has 0 fully saturated rings. The number of fused-ring (bicyclic) bond motifs is 1. The van der Waals surface area contributed by atoms with E-state index in [2.05, 4.69) is 15.7 Å². The van der Waals surface area contributed by atoms with Crippen molar-refractivity contribution in [3.8, 4) is 0 Å². The first-order chi connectivity index (χ1) is 7.81. The van der Waals surface area contributed by atoms with Gasteiger partial charge in [0.1, 0.15) is 5.82 Å². The van der Waals surface area contributed by atoms with Gasteiger partial charge in [0.25, 0.3) is 5.56 Å². The van der Waals surface area contributed by atoms with Gasteiger partial charge in [-0.25, -0.2) is 4.98 Å². The number of benzene rings is 1. The number of nitrogens with one attached hydrogen (secondary N) is 1. The Balaban J connectivity index is 2.31. The molecule has 2 aromatic rings.